The van der Waals surface area contributed by atoms with Crippen molar-refractivity contribution in [3.05, 3.63) is 41.0 Å². The van der Waals surface area contributed by atoms with Crippen LogP contribution in [0.3, 0.4) is 0 Å². The van der Waals surface area contributed by atoms with Crippen LogP contribution in [0.2, 0.25) is 5.15 Å². The van der Waals surface area contributed by atoms with Crippen molar-refractivity contribution in [1.82, 2.24) is 9.88 Å². The van der Waals surface area contributed by atoms with Gasteiger partial charge in [-0.2, -0.15) is 0 Å². The number of pyridine rings is 1. The van der Waals surface area contributed by atoms with Gasteiger partial charge in [-0.25, -0.2) is 9.78 Å². The molecule has 0 fully saturated rings. The van der Waals surface area contributed by atoms with Gasteiger partial charge in [0.15, 0.2) is 0 Å². The summed E-state index contributed by atoms with van der Waals surface area (Å²) in [6, 6.07) is 8.64. The SMILES string of the molecule is CCCN(CCC)CCOc1ccc(Nc2ccc(C(=O)OC)c(Cl)n2)c(N)c1. The number of carbonyl (C=O) groups excluding carboxylic acids is 1. The average Bonchev–Trinajstić information content (AvgIpc) is 2.70. The summed E-state index contributed by atoms with van der Waals surface area (Å²) in [4.78, 5) is 18.2. The molecular weight excluding hydrogens is 392 g/mol. The van der Waals surface area contributed by atoms with Crippen molar-refractivity contribution in [2.45, 2.75) is 26.7 Å². The van der Waals surface area contributed by atoms with Gasteiger partial charge in [0, 0.05) is 12.6 Å². The number of hydrogen-bond acceptors (Lipinski definition) is 7. The number of nitrogens with zero attached hydrogens (tertiary/aromatic N) is 2. The molecule has 7 nitrogen and oxygen atoms in total. The van der Waals surface area contributed by atoms with Gasteiger partial charge in [0.1, 0.15) is 23.3 Å². The smallest absolute Gasteiger partial charge is 0.341 e. The maximum atomic E-state index is 11.6. The Hall–Kier alpha value is -2.51. The molecule has 0 aliphatic carbocycles. The van der Waals surface area contributed by atoms with Crippen LogP contribution in [0.4, 0.5) is 17.2 Å². The zero-order valence-corrected chi connectivity index (χ0v) is 18.0. The summed E-state index contributed by atoms with van der Waals surface area (Å²) < 4.78 is 10.5. The van der Waals surface area contributed by atoms with Crippen LogP contribution in [0.15, 0.2) is 30.3 Å². The number of halogens is 1. The van der Waals surface area contributed by atoms with Gasteiger partial charge >= 0.3 is 5.97 Å². The summed E-state index contributed by atoms with van der Waals surface area (Å²) in [5.74, 6) is 0.650. The molecule has 0 radical (unpaired) electrons. The van der Waals surface area contributed by atoms with E-state index in [1.165, 1.54) is 7.11 Å². The monoisotopic (exact) mass is 420 g/mol. The third-order valence-electron chi connectivity index (χ3n) is 4.30. The number of ether oxygens (including phenoxy) is 2. The van der Waals surface area contributed by atoms with E-state index in [1.807, 2.05) is 12.1 Å². The largest absolute Gasteiger partial charge is 0.492 e. The number of rotatable bonds is 11. The Kier molecular flexibility index (Phi) is 9.02. The Morgan fingerprint density at radius 1 is 1.17 bits per heavy atom. The molecule has 3 N–H and O–H groups in total. The van der Waals surface area contributed by atoms with Crippen LogP contribution in [-0.4, -0.2) is 49.2 Å². The number of nitrogens with one attached hydrogen (secondary N) is 1. The number of nitrogen functional groups attached to an aromatic ring is 1. The number of methoxy groups -OCH3 is 1. The van der Waals surface area contributed by atoms with Crippen molar-refractivity contribution in [1.29, 1.82) is 0 Å². The fraction of sp³-hybridized carbons (Fsp3) is 0.429. The van der Waals surface area contributed by atoms with E-state index in [-0.39, 0.29) is 10.7 Å². The average molecular weight is 421 g/mol. The Morgan fingerprint density at radius 2 is 1.90 bits per heavy atom. The van der Waals surface area contributed by atoms with Crippen molar-refractivity contribution in [3.8, 4) is 5.75 Å². The third kappa shape index (κ3) is 6.80. The Morgan fingerprint density at radius 3 is 2.48 bits per heavy atom. The quantitative estimate of drug-likeness (QED) is 0.317. The number of carbonyl (C=O) groups is 1. The van der Waals surface area contributed by atoms with Gasteiger partial charge in [-0.1, -0.05) is 25.4 Å². The van der Waals surface area contributed by atoms with Gasteiger partial charge < -0.3 is 20.5 Å². The molecule has 2 rings (SSSR count). The van der Waals surface area contributed by atoms with Crippen molar-refractivity contribution in [2.24, 2.45) is 0 Å². The molecule has 0 spiro atoms. The zero-order chi connectivity index (χ0) is 21.2. The Bertz CT molecular complexity index is 811. The van der Waals surface area contributed by atoms with Crippen LogP contribution in [0, 0.1) is 0 Å². The van der Waals surface area contributed by atoms with E-state index in [1.54, 1.807) is 18.2 Å². The molecule has 0 aliphatic rings. The number of esters is 1. The highest BCUT2D eigenvalue weighted by molar-refractivity contribution is 6.32. The van der Waals surface area contributed by atoms with Crippen molar-refractivity contribution in [2.75, 3.05) is 44.4 Å². The predicted molar refractivity (Wildman–Crippen MR) is 117 cm³/mol. The molecule has 0 atom stereocenters. The lowest BCUT2D eigenvalue weighted by atomic mass is 10.2. The molecule has 1 heterocycles. The molecule has 8 heteroatoms. The van der Waals surface area contributed by atoms with Crippen LogP contribution >= 0.6 is 11.6 Å². The van der Waals surface area contributed by atoms with Gasteiger partial charge in [-0.3, -0.25) is 4.90 Å². The molecule has 29 heavy (non-hydrogen) atoms. The molecule has 0 unspecified atom stereocenters. The summed E-state index contributed by atoms with van der Waals surface area (Å²) in [5.41, 5.74) is 7.55. The van der Waals surface area contributed by atoms with Crippen LogP contribution in [0.1, 0.15) is 37.0 Å². The zero-order valence-electron chi connectivity index (χ0n) is 17.2. The Labute approximate surface area is 177 Å². The molecule has 0 amide bonds. The van der Waals surface area contributed by atoms with Crippen LogP contribution in [0.25, 0.3) is 0 Å². The molecule has 2 aromatic rings. The van der Waals surface area contributed by atoms with Crippen LogP contribution in [-0.2, 0) is 4.74 Å². The third-order valence-corrected chi connectivity index (χ3v) is 4.58. The standard InChI is InChI=1S/C21H29ClN4O3/c1-4-10-26(11-5-2)12-13-29-15-6-8-18(17(23)14-15)24-19-9-7-16(20(22)25-19)21(27)28-3/h6-9,14H,4-5,10-13,23H2,1-3H3,(H,24,25). The van der Waals surface area contributed by atoms with E-state index in [0.29, 0.717) is 29.5 Å². The number of benzene rings is 1. The van der Waals surface area contributed by atoms with E-state index in [2.05, 4.69) is 33.8 Å². The van der Waals surface area contributed by atoms with E-state index in [0.717, 1.165) is 32.5 Å². The topological polar surface area (TPSA) is 89.7 Å². The van der Waals surface area contributed by atoms with Crippen LogP contribution in [0.5, 0.6) is 5.75 Å². The Balaban J connectivity index is 1.97. The summed E-state index contributed by atoms with van der Waals surface area (Å²) in [7, 11) is 1.29. The van der Waals surface area contributed by atoms with E-state index >= 15 is 0 Å². The van der Waals surface area contributed by atoms with Crippen LogP contribution < -0.4 is 15.8 Å². The van der Waals surface area contributed by atoms with Gasteiger partial charge in [0.2, 0.25) is 0 Å². The molecule has 0 saturated carbocycles. The first-order chi connectivity index (χ1) is 14.0. The second-order valence-corrected chi connectivity index (χ2v) is 6.95. The maximum Gasteiger partial charge on any atom is 0.341 e. The summed E-state index contributed by atoms with van der Waals surface area (Å²) in [5, 5.41) is 3.16. The fourth-order valence-corrected chi connectivity index (χ4v) is 3.14. The highest BCUT2D eigenvalue weighted by Crippen LogP contribution is 2.28. The minimum absolute atomic E-state index is 0.0593. The second kappa shape index (κ2) is 11.5. The second-order valence-electron chi connectivity index (χ2n) is 6.59. The summed E-state index contributed by atoms with van der Waals surface area (Å²) in [6.45, 7) is 8.01. The molecule has 1 aromatic carbocycles. The first-order valence-corrected chi connectivity index (χ1v) is 10.1. The maximum absolute atomic E-state index is 11.6. The van der Waals surface area contributed by atoms with Crippen molar-refractivity contribution < 1.29 is 14.3 Å². The molecule has 0 aliphatic heterocycles. The van der Waals surface area contributed by atoms with E-state index < -0.39 is 5.97 Å². The first-order valence-electron chi connectivity index (χ1n) is 9.75. The predicted octanol–water partition coefficient (Wildman–Crippen LogP) is 4.35. The lowest BCUT2D eigenvalue weighted by molar-refractivity contribution is 0.0600. The number of aromatic nitrogens is 1. The highest BCUT2D eigenvalue weighted by Gasteiger charge is 2.13. The molecule has 0 bridgehead atoms. The fourth-order valence-electron chi connectivity index (χ4n) is 2.91. The van der Waals surface area contributed by atoms with E-state index in [9.17, 15) is 4.79 Å². The minimum Gasteiger partial charge on any atom is -0.492 e. The molecule has 0 saturated heterocycles. The normalized spacial score (nSPS) is 10.8. The van der Waals surface area contributed by atoms with Gasteiger partial charge in [0.05, 0.1) is 24.0 Å². The molecular formula is C21H29ClN4O3. The number of anilines is 3. The summed E-state index contributed by atoms with van der Waals surface area (Å²) >= 11 is 6.05. The highest BCUT2D eigenvalue weighted by atomic mass is 35.5. The molecule has 1 aromatic heterocycles. The lowest BCUT2D eigenvalue weighted by Crippen LogP contribution is -2.30. The van der Waals surface area contributed by atoms with Gasteiger partial charge in [-0.15, -0.1) is 0 Å². The lowest BCUT2D eigenvalue weighted by Gasteiger charge is -2.21. The number of hydrogen-bond donors (Lipinski definition) is 2. The minimum atomic E-state index is -0.536. The first kappa shape index (κ1) is 22.8. The van der Waals surface area contributed by atoms with Crippen molar-refractivity contribution >= 4 is 34.8 Å². The van der Waals surface area contributed by atoms with Crippen molar-refractivity contribution in [3.63, 3.8) is 0 Å². The summed E-state index contributed by atoms with van der Waals surface area (Å²) in [6.07, 6.45) is 2.26. The van der Waals surface area contributed by atoms with Gasteiger partial charge in [-0.05, 0) is 50.2 Å². The van der Waals surface area contributed by atoms with E-state index in [4.69, 9.17) is 22.1 Å². The van der Waals surface area contributed by atoms with Gasteiger partial charge in [0.25, 0.3) is 0 Å². The molecule has 158 valence electrons. The number of nitrogens with two attached hydrogens (primary N) is 1.